The van der Waals surface area contributed by atoms with Gasteiger partial charge in [0.1, 0.15) is 0 Å². The molecule has 1 rings (SSSR count). The van der Waals surface area contributed by atoms with Gasteiger partial charge in [0.25, 0.3) is 0 Å². The molecule has 0 aromatic carbocycles. The molecule has 1 aliphatic rings. The number of quaternary nitrogens is 1. The molecule has 0 aromatic rings. The zero-order chi connectivity index (χ0) is 7.11. The van der Waals surface area contributed by atoms with Gasteiger partial charge in [-0.05, 0) is 0 Å². The summed E-state index contributed by atoms with van der Waals surface area (Å²) in [6, 6.07) is 0.750. The van der Waals surface area contributed by atoms with Crippen molar-refractivity contribution in [3.05, 3.63) is 7.05 Å². The summed E-state index contributed by atoms with van der Waals surface area (Å²) < 4.78 is 0. The van der Waals surface area contributed by atoms with Gasteiger partial charge in [-0.3, -0.25) is 0 Å². The van der Waals surface area contributed by atoms with E-state index in [-0.39, 0.29) is 0 Å². The highest BCUT2D eigenvalue weighted by molar-refractivity contribution is 4.67. The Hall–Kier alpha value is -0.0800. The summed E-state index contributed by atoms with van der Waals surface area (Å²) in [6.45, 7) is 6.32. The van der Waals surface area contributed by atoms with Gasteiger partial charge < -0.3 is 10.6 Å². The topological polar surface area (TPSA) is 28.6 Å². The maximum Gasteiger partial charge on any atom is 0.0759 e. The molecule has 0 bridgehead atoms. The van der Waals surface area contributed by atoms with Crippen molar-refractivity contribution in [3.8, 4) is 0 Å². The van der Waals surface area contributed by atoms with E-state index in [1.165, 1.54) is 13.0 Å². The Bertz CT molecular complexity index is 48.9. The SMILES string of the molecule is CC.[CH2-][NH2+][C@@H]1CCNC1. The number of nitrogens with two attached hydrogens (primary N) is 1. The van der Waals surface area contributed by atoms with E-state index >= 15 is 0 Å². The van der Waals surface area contributed by atoms with Crippen LogP contribution in [0.3, 0.4) is 0 Å². The van der Waals surface area contributed by atoms with Crippen molar-refractivity contribution in [2.24, 2.45) is 0 Å². The fourth-order valence-corrected chi connectivity index (χ4v) is 0.878. The number of nitrogens with one attached hydrogen (secondary N) is 1. The van der Waals surface area contributed by atoms with Crippen LogP contribution in [0.1, 0.15) is 20.3 Å². The first-order chi connectivity index (χ1) is 4.43. The van der Waals surface area contributed by atoms with E-state index in [1.807, 2.05) is 19.2 Å². The summed E-state index contributed by atoms with van der Waals surface area (Å²) in [6.07, 6.45) is 1.28. The van der Waals surface area contributed by atoms with Crippen molar-refractivity contribution in [2.75, 3.05) is 13.1 Å². The molecule has 1 heterocycles. The summed E-state index contributed by atoms with van der Waals surface area (Å²) in [7, 11) is 3.70. The van der Waals surface area contributed by atoms with E-state index in [0.717, 1.165) is 12.6 Å². The molecule has 0 unspecified atom stereocenters. The molecule has 1 aliphatic heterocycles. The first kappa shape index (κ1) is 8.92. The first-order valence-electron chi connectivity index (χ1n) is 3.77. The maximum absolute atomic E-state index is 3.70. The summed E-state index contributed by atoms with van der Waals surface area (Å²) in [4.78, 5) is 0. The van der Waals surface area contributed by atoms with Crippen LogP contribution in [0.5, 0.6) is 0 Å². The lowest BCUT2D eigenvalue weighted by molar-refractivity contribution is -0.629. The molecule has 1 saturated heterocycles. The molecule has 2 nitrogen and oxygen atoms in total. The number of hydrogen-bond donors (Lipinski definition) is 2. The smallest absolute Gasteiger partial charge is 0.0759 e. The highest BCUT2D eigenvalue weighted by Gasteiger charge is 2.11. The quantitative estimate of drug-likeness (QED) is 0.470. The third-order valence-electron chi connectivity index (χ3n) is 1.43. The van der Waals surface area contributed by atoms with Crippen LogP contribution in [0.15, 0.2) is 0 Å². The average molecular weight is 130 g/mol. The monoisotopic (exact) mass is 130 g/mol. The van der Waals surface area contributed by atoms with Gasteiger partial charge in [0, 0.05) is 19.5 Å². The minimum absolute atomic E-state index is 0.750. The van der Waals surface area contributed by atoms with E-state index in [2.05, 4.69) is 12.4 Å². The normalized spacial score (nSPS) is 25.0. The Morgan fingerprint density at radius 1 is 1.56 bits per heavy atom. The molecule has 0 spiro atoms. The highest BCUT2D eigenvalue weighted by Crippen LogP contribution is 1.89. The van der Waals surface area contributed by atoms with Crippen LogP contribution < -0.4 is 10.6 Å². The second-order valence-electron chi connectivity index (χ2n) is 1.99. The number of rotatable bonds is 1. The Kier molecular flexibility index (Phi) is 5.99. The van der Waals surface area contributed by atoms with Crippen LogP contribution in [-0.4, -0.2) is 19.1 Å². The van der Waals surface area contributed by atoms with Crippen molar-refractivity contribution < 1.29 is 5.32 Å². The molecule has 56 valence electrons. The van der Waals surface area contributed by atoms with E-state index in [4.69, 9.17) is 0 Å². The zero-order valence-corrected chi connectivity index (χ0v) is 6.48. The summed E-state index contributed by atoms with van der Waals surface area (Å²) >= 11 is 0. The lowest BCUT2D eigenvalue weighted by atomic mass is 10.3. The predicted molar refractivity (Wildman–Crippen MR) is 39.9 cm³/mol. The van der Waals surface area contributed by atoms with Gasteiger partial charge in [-0.15, -0.1) is 0 Å². The molecule has 2 heteroatoms. The third kappa shape index (κ3) is 3.49. The highest BCUT2D eigenvalue weighted by atomic mass is 15.0. The largest absolute Gasteiger partial charge is 0.475 e. The lowest BCUT2D eigenvalue weighted by Crippen LogP contribution is -2.84. The fraction of sp³-hybridized carbons (Fsp3) is 0.857. The Morgan fingerprint density at radius 3 is 2.44 bits per heavy atom. The first-order valence-corrected chi connectivity index (χ1v) is 3.77. The molecule has 1 fully saturated rings. The Balaban J connectivity index is 0.000000291. The van der Waals surface area contributed by atoms with Gasteiger partial charge in [0.15, 0.2) is 0 Å². The molecule has 0 saturated carbocycles. The van der Waals surface area contributed by atoms with E-state index < -0.39 is 0 Å². The van der Waals surface area contributed by atoms with Gasteiger partial charge in [-0.1, -0.05) is 13.8 Å². The second-order valence-corrected chi connectivity index (χ2v) is 1.99. The minimum atomic E-state index is 0.750. The molecule has 0 amide bonds. The molecule has 0 aromatic heterocycles. The van der Waals surface area contributed by atoms with Crippen molar-refractivity contribution >= 4 is 0 Å². The van der Waals surface area contributed by atoms with E-state index in [0.29, 0.717) is 0 Å². The van der Waals surface area contributed by atoms with Gasteiger partial charge >= 0.3 is 0 Å². The zero-order valence-electron chi connectivity index (χ0n) is 6.48. The molecule has 0 radical (unpaired) electrons. The van der Waals surface area contributed by atoms with Crippen LogP contribution in [0.25, 0.3) is 0 Å². The predicted octanol–water partition coefficient (Wildman–Crippen LogP) is -0.271. The van der Waals surface area contributed by atoms with Crippen molar-refractivity contribution in [1.29, 1.82) is 0 Å². The maximum atomic E-state index is 3.70. The summed E-state index contributed by atoms with van der Waals surface area (Å²) in [5, 5.41) is 5.28. The van der Waals surface area contributed by atoms with Crippen LogP contribution in [-0.2, 0) is 0 Å². The molecule has 0 aliphatic carbocycles. The van der Waals surface area contributed by atoms with Crippen molar-refractivity contribution in [3.63, 3.8) is 0 Å². The van der Waals surface area contributed by atoms with Crippen molar-refractivity contribution in [2.45, 2.75) is 26.3 Å². The summed E-state index contributed by atoms with van der Waals surface area (Å²) in [5.74, 6) is 0. The third-order valence-corrected chi connectivity index (χ3v) is 1.43. The van der Waals surface area contributed by atoms with Crippen LogP contribution in [0.2, 0.25) is 0 Å². The molecule has 3 N–H and O–H groups in total. The molecular formula is C7H18N2. The second kappa shape index (κ2) is 6.05. The van der Waals surface area contributed by atoms with Crippen LogP contribution >= 0.6 is 0 Å². The minimum Gasteiger partial charge on any atom is -0.475 e. The van der Waals surface area contributed by atoms with Gasteiger partial charge in [0.05, 0.1) is 6.04 Å². The van der Waals surface area contributed by atoms with E-state index in [1.54, 1.807) is 0 Å². The number of hydrogen-bond acceptors (Lipinski definition) is 1. The summed E-state index contributed by atoms with van der Waals surface area (Å²) in [5.41, 5.74) is 0. The van der Waals surface area contributed by atoms with Gasteiger partial charge in [-0.25, -0.2) is 0 Å². The molecule has 1 atom stereocenters. The standard InChI is InChI=1S/C5H12N2.C2H6/c1-6-5-2-3-7-4-5;1-2/h5,7H,1-4,6H2;1-2H3/t5-;/m1./s1. The Labute approximate surface area is 58.0 Å². The molecule has 9 heavy (non-hydrogen) atoms. The van der Waals surface area contributed by atoms with Crippen molar-refractivity contribution in [1.82, 2.24) is 5.32 Å². The lowest BCUT2D eigenvalue weighted by Gasteiger charge is -2.04. The van der Waals surface area contributed by atoms with E-state index in [9.17, 15) is 0 Å². The van der Waals surface area contributed by atoms with Gasteiger partial charge in [0.2, 0.25) is 0 Å². The fourth-order valence-electron chi connectivity index (χ4n) is 0.878. The average Bonchev–Trinajstić information content (AvgIpc) is 2.43. The molecular weight excluding hydrogens is 112 g/mol. The van der Waals surface area contributed by atoms with Gasteiger partial charge in [-0.2, -0.15) is 7.05 Å². The Morgan fingerprint density at radius 2 is 2.22 bits per heavy atom. The van der Waals surface area contributed by atoms with Crippen LogP contribution in [0, 0.1) is 7.05 Å². The van der Waals surface area contributed by atoms with Crippen LogP contribution in [0.4, 0.5) is 0 Å².